The predicted molar refractivity (Wildman–Crippen MR) is 94.6 cm³/mol. The average molecular weight is 331 g/mol. The Morgan fingerprint density at radius 1 is 1.26 bits per heavy atom. The van der Waals surface area contributed by atoms with Gasteiger partial charge >= 0.3 is 7.12 Å². The number of hydrogen-bond acceptors (Lipinski definition) is 5. The summed E-state index contributed by atoms with van der Waals surface area (Å²) in [5, 5.41) is 0.122. The standard InChI is InChI=1S/C17H22BNO3S/c1-13(20)23-11-7-6-8-15-10-9-14(12-19-15)18-21-16(2,3)17(4,5)22-18/h9-10,12H,7,11H2,1-5H3. The fourth-order valence-corrected chi connectivity index (χ4v) is 2.49. The summed E-state index contributed by atoms with van der Waals surface area (Å²) in [7, 11) is -0.401. The second-order valence-corrected chi connectivity index (χ2v) is 7.73. The lowest BCUT2D eigenvalue weighted by Crippen LogP contribution is -2.41. The van der Waals surface area contributed by atoms with Crippen LogP contribution < -0.4 is 5.46 Å². The van der Waals surface area contributed by atoms with Crippen molar-refractivity contribution >= 4 is 29.5 Å². The normalized spacial score (nSPS) is 18.4. The lowest BCUT2D eigenvalue weighted by molar-refractivity contribution is -0.109. The summed E-state index contributed by atoms with van der Waals surface area (Å²) in [6.45, 7) is 9.67. The first-order chi connectivity index (χ1) is 10.7. The van der Waals surface area contributed by atoms with Gasteiger partial charge in [0.2, 0.25) is 0 Å². The molecule has 0 unspecified atom stereocenters. The molecule has 1 aliphatic rings. The molecular formula is C17H22BNO3S. The molecule has 1 aliphatic heterocycles. The molecule has 1 aromatic heterocycles. The van der Waals surface area contributed by atoms with Gasteiger partial charge in [0, 0.05) is 30.8 Å². The number of rotatable bonds is 3. The summed E-state index contributed by atoms with van der Waals surface area (Å²) < 4.78 is 12.0. The van der Waals surface area contributed by atoms with E-state index < -0.39 is 7.12 Å². The molecule has 0 aliphatic carbocycles. The van der Waals surface area contributed by atoms with E-state index in [0.717, 1.165) is 5.46 Å². The lowest BCUT2D eigenvalue weighted by atomic mass is 9.80. The van der Waals surface area contributed by atoms with E-state index >= 15 is 0 Å². The van der Waals surface area contributed by atoms with Gasteiger partial charge in [-0.1, -0.05) is 23.7 Å². The van der Waals surface area contributed by atoms with Crippen molar-refractivity contribution in [3.8, 4) is 11.8 Å². The summed E-state index contributed by atoms with van der Waals surface area (Å²) in [4.78, 5) is 15.2. The maximum absolute atomic E-state index is 10.8. The van der Waals surface area contributed by atoms with E-state index in [0.29, 0.717) is 17.9 Å². The number of carbonyl (C=O) groups excluding carboxylic acids is 1. The van der Waals surface area contributed by atoms with Crippen LogP contribution in [0, 0.1) is 11.8 Å². The van der Waals surface area contributed by atoms with Crippen LogP contribution in [0.4, 0.5) is 0 Å². The largest absolute Gasteiger partial charge is 0.496 e. The SMILES string of the molecule is CC(=O)SCCC#Cc1ccc(B2OC(C)(C)C(C)(C)O2)cn1. The molecule has 122 valence electrons. The van der Waals surface area contributed by atoms with Crippen molar-refractivity contribution in [3.05, 3.63) is 24.0 Å². The van der Waals surface area contributed by atoms with Gasteiger partial charge in [0.25, 0.3) is 0 Å². The monoisotopic (exact) mass is 331 g/mol. The maximum Gasteiger partial charge on any atom is 0.496 e. The third-order valence-corrected chi connectivity index (χ3v) is 4.88. The number of nitrogens with zero attached hydrogens (tertiary/aromatic N) is 1. The summed E-state index contributed by atoms with van der Waals surface area (Å²) in [6.07, 6.45) is 2.42. The molecule has 0 spiro atoms. The summed E-state index contributed by atoms with van der Waals surface area (Å²) in [5.74, 6) is 6.74. The molecule has 0 aromatic carbocycles. The Kier molecular flexibility index (Phi) is 5.56. The fraction of sp³-hybridized carbons (Fsp3) is 0.529. The van der Waals surface area contributed by atoms with Crippen molar-refractivity contribution in [2.24, 2.45) is 0 Å². The zero-order valence-electron chi connectivity index (χ0n) is 14.3. The number of pyridine rings is 1. The summed E-state index contributed by atoms with van der Waals surface area (Å²) >= 11 is 1.29. The highest BCUT2D eigenvalue weighted by Gasteiger charge is 2.51. The van der Waals surface area contributed by atoms with E-state index in [1.54, 1.807) is 13.1 Å². The van der Waals surface area contributed by atoms with Gasteiger partial charge in [0.1, 0.15) is 5.69 Å². The Morgan fingerprint density at radius 3 is 2.43 bits per heavy atom. The van der Waals surface area contributed by atoms with E-state index in [-0.39, 0.29) is 16.3 Å². The Morgan fingerprint density at radius 2 is 1.91 bits per heavy atom. The van der Waals surface area contributed by atoms with Gasteiger partial charge in [-0.2, -0.15) is 0 Å². The van der Waals surface area contributed by atoms with Crippen LogP contribution in [0.1, 0.15) is 46.7 Å². The third kappa shape index (κ3) is 4.60. The van der Waals surface area contributed by atoms with Crippen molar-refractivity contribution in [2.75, 3.05) is 5.75 Å². The molecular weight excluding hydrogens is 309 g/mol. The second kappa shape index (κ2) is 7.08. The van der Waals surface area contributed by atoms with Crippen molar-refractivity contribution < 1.29 is 14.1 Å². The quantitative estimate of drug-likeness (QED) is 0.484. The van der Waals surface area contributed by atoms with Crippen LogP contribution in [0.3, 0.4) is 0 Å². The number of aromatic nitrogens is 1. The maximum atomic E-state index is 10.8. The Hall–Kier alpha value is -1.29. The molecule has 0 bridgehead atoms. The van der Waals surface area contributed by atoms with Crippen LogP contribution in [0.2, 0.25) is 0 Å². The Bertz CT molecular complexity index is 615. The second-order valence-electron chi connectivity index (χ2n) is 6.46. The van der Waals surface area contributed by atoms with Gasteiger partial charge in [-0.25, -0.2) is 4.98 Å². The molecule has 0 radical (unpaired) electrons. The molecule has 2 rings (SSSR count). The van der Waals surface area contributed by atoms with Gasteiger partial charge in [0.05, 0.1) is 11.2 Å². The highest BCUT2D eigenvalue weighted by Crippen LogP contribution is 2.36. The van der Waals surface area contributed by atoms with Gasteiger partial charge in [-0.05, 0) is 39.7 Å². The average Bonchev–Trinajstić information content (AvgIpc) is 2.67. The topological polar surface area (TPSA) is 48.4 Å². The first-order valence-corrected chi connectivity index (χ1v) is 8.64. The van der Waals surface area contributed by atoms with Gasteiger partial charge in [0.15, 0.2) is 5.12 Å². The zero-order valence-corrected chi connectivity index (χ0v) is 15.1. The van der Waals surface area contributed by atoms with Crippen molar-refractivity contribution in [2.45, 2.75) is 52.2 Å². The van der Waals surface area contributed by atoms with E-state index in [9.17, 15) is 4.79 Å². The number of thioether (sulfide) groups is 1. The van der Waals surface area contributed by atoms with Gasteiger partial charge in [-0.3, -0.25) is 4.79 Å². The highest BCUT2D eigenvalue weighted by atomic mass is 32.2. The predicted octanol–water partition coefficient (Wildman–Crippen LogP) is 2.40. The molecule has 0 N–H and O–H groups in total. The Balaban J connectivity index is 1.96. The van der Waals surface area contributed by atoms with Crippen molar-refractivity contribution in [1.29, 1.82) is 0 Å². The minimum absolute atomic E-state index is 0.122. The van der Waals surface area contributed by atoms with Crippen LogP contribution >= 0.6 is 11.8 Å². The molecule has 6 heteroatoms. The third-order valence-electron chi connectivity index (χ3n) is 4.06. The van der Waals surface area contributed by atoms with Gasteiger partial charge in [-0.15, -0.1) is 0 Å². The first-order valence-electron chi connectivity index (χ1n) is 7.65. The zero-order chi connectivity index (χ0) is 17.1. The lowest BCUT2D eigenvalue weighted by Gasteiger charge is -2.32. The minimum atomic E-state index is -0.401. The van der Waals surface area contributed by atoms with Crippen LogP contribution in [-0.4, -0.2) is 34.2 Å². The number of hydrogen-bond donors (Lipinski definition) is 0. The molecule has 1 saturated heterocycles. The molecule has 0 saturated carbocycles. The van der Waals surface area contributed by atoms with E-state index in [1.807, 2.05) is 39.8 Å². The summed E-state index contributed by atoms with van der Waals surface area (Å²) in [5.41, 5.74) is 0.883. The van der Waals surface area contributed by atoms with Crippen LogP contribution in [0.15, 0.2) is 18.3 Å². The Labute approximate surface area is 142 Å². The molecule has 0 atom stereocenters. The summed E-state index contributed by atoms with van der Waals surface area (Å²) in [6, 6.07) is 3.80. The van der Waals surface area contributed by atoms with Crippen LogP contribution in [0.5, 0.6) is 0 Å². The highest BCUT2D eigenvalue weighted by molar-refractivity contribution is 8.13. The van der Waals surface area contributed by atoms with Crippen LogP contribution in [0.25, 0.3) is 0 Å². The molecule has 2 heterocycles. The molecule has 0 amide bonds. The van der Waals surface area contributed by atoms with Crippen molar-refractivity contribution in [3.63, 3.8) is 0 Å². The van der Waals surface area contributed by atoms with E-state index in [1.165, 1.54) is 11.8 Å². The smallest absolute Gasteiger partial charge is 0.399 e. The van der Waals surface area contributed by atoms with Crippen molar-refractivity contribution in [1.82, 2.24) is 4.98 Å². The minimum Gasteiger partial charge on any atom is -0.399 e. The molecule has 1 fully saturated rings. The molecule has 4 nitrogen and oxygen atoms in total. The molecule has 1 aromatic rings. The van der Waals surface area contributed by atoms with Crippen LogP contribution in [-0.2, 0) is 14.1 Å². The van der Waals surface area contributed by atoms with E-state index in [2.05, 4.69) is 16.8 Å². The number of carbonyl (C=O) groups is 1. The fourth-order valence-electron chi connectivity index (χ4n) is 2.00. The van der Waals surface area contributed by atoms with E-state index in [4.69, 9.17) is 9.31 Å². The first kappa shape index (κ1) is 18.1. The van der Waals surface area contributed by atoms with Gasteiger partial charge < -0.3 is 9.31 Å². The molecule has 23 heavy (non-hydrogen) atoms.